The molecule has 0 spiro atoms. The van der Waals surface area contributed by atoms with E-state index in [-0.39, 0.29) is 17.2 Å². The van der Waals surface area contributed by atoms with Gasteiger partial charge in [0.05, 0.1) is 5.69 Å². The van der Waals surface area contributed by atoms with Crippen LogP contribution in [-0.4, -0.2) is 33.7 Å². The number of hydrogen-bond acceptors (Lipinski definition) is 5. The second-order valence-corrected chi connectivity index (χ2v) is 2.51. The minimum Gasteiger partial charge on any atom is -0.476 e. The maximum atomic E-state index is 10.8. The molecule has 14 heavy (non-hydrogen) atoms. The molecule has 0 saturated heterocycles. The number of carboxylic acid groups (broad SMARTS) is 1. The van der Waals surface area contributed by atoms with Crippen LogP contribution in [0.4, 0.5) is 5.82 Å². The molecule has 76 valence electrons. The standard InChI is InChI=1S/C7H10N4O3/c1-11-4(3-5(8)9-11)6(7(12)13)10-14-2/h3H,1-2H3,(H2,8,9)(H,12,13)/b10-6-. The zero-order chi connectivity index (χ0) is 10.7. The van der Waals surface area contributed by atoms with Gasteiger partial charge in [0.2, 0.25) is 5.71 Å². The topological polar surface area (TPSA) is 103 Å². The number of nitrogens with zero attached hydrogens (tertiary/aromatic N) is 3. The normalized spacial score (nSPS) is 11.4. The molecule has 0 bridgehead atoms. The Morgan fingerprint density at radius 2 is 2.43 bits per heavy atom. The number of hydrogen-bond donors (Lipinski definition) is 2. The van der Waals surface area contributed by atoms with E-state index in [1.165, 1.54) is 17.9 Å². The largest absolute Gasteiger partial charge is 0.476 e. The van der Waals surface area contributed by atoms with Crippen LogP contribution >= 0.6 is 0 Å². The Hall–Kier alpha value is -2.05. The lowest BCUT2D eigenvalue weighted by Crippen LogP contribution is -2.18. The van der Waals surface area contributed by atoms with Crippen LogP contribution in [0, 0.1) is 0 Å². The highest BCUT2D eigenvalue weighted by Crippen LogP contribution is 2.06. The van der Waals surface area contributed by atoms with Crippen molar-refractivity contribution in [3.63, 3.8) is 0 Å². The lowest BCUT2D eigenvalue weighted by atomic mass is 10.2. The summed E-state index contributed by atoms with van der Waals surface area (Å²) in [5, 5.41) is 16.0. The van der Waals surface area contributed by atoms with E-state index in [2.05, 4.69) is 15.1 Å². The Kier molecular flexibility index (Phi) is 2.70. The summed E-state index contributed by atoms with van der Waals surface area (Å²) in [6.45, 7) is 0. The van der Waals surface area contributed by atoms with Gasteiger partial charge in [-0.3, -0.25) is 4.68 Å². The van der Waals surface area contributed by atoms with Crippen LogP contribution in [0.1, 0.15) is 5.69 Å². The molecule has 1 rings (SSSR count). The van der Waals surface area contributed by atoms with Crippen molar-refractivity contribution in [2.75, 3.05) is 12.8 Å². The summed E-state index contributed by atoms with van der Waals surface area (Å²) in [5.74, 6) is -0.970. The zero-order valence-corrected chi connectivity index (χ0v) is 7.76. The molecule has 1 aromatic heterocycles. The van der Waals surface area contributed by atoms with Crippen molar-refractivity contribution >= 4 is 17.5 Å². The summed E-state index contributed by atoms with van der Waals surface area (Å²) in [5.41, 5.74) is 5.44. The van der Waals surface area contributed by atoms with Gasteiger partial charge in [0.15, 0.2) is 0 Å². The molecule has 0 aliphatic carbocycles. The van der Waals surface area contributed by atoms with Gasteiger partial charge in [0.1, 0.15) is 12.9 Å². The first kappa shape index (κ1) is 10.0. The SMILES string of the molecule is CO/N=C(\C(=O)O)c1cc(N)nn1C. The first-order valence-electron chi connectivity index (χ1n) is 3.70. The van der Waals surface area contributed by atoms with Gasteiger partial charge >= 0.3 is 5.97 Å². The maximum Gasteiger partial charge on any atom is 0.360 e. The molecule has 7 heteroatoms. The van der Waals surface area contributed by atoms with Crippen molar-refractivity contribution in [3.8, 4) is 0 Å². The Balaban J connectivity index is 3.18. The number of nitrogen functional groups attached to an aromatic ring is 1. The lowest BCUT2D eigenvalue weighted by Gasteiger charge is -1.99. The first-order valence-corrected chi connectivity index (χ1v) is 3.70. The van der Waals surface area contributed by atoms with E-state index < -0.39 is 5.97 Å². The quantitative estimate of drug-likeness (QED) is 0.500. The van der Waals surface area contributed by atoms with Crippen LogP contribution in [0.3, 0.4) is 0 Å². The van der Waals surface area contributed by atoms with Gasteiger partial charge in [-0.05, 0) is 0 Å². The Morgan fingerprint density at radius 1 is 1.79 bits per heavy atom. The average molecular weight is 198 g/mol. The average Bonchev–Trinajstić information content (AvgIpc) is 2.40. The van der Waals surface area contributed by atoms with E-state index in [0.717, 1.165) is 0 Å². The number of rotatable bonds is 3. The third-order valence-corrected chi connectivity index (χ3v) is 1.53. The molecule has 1 heterocycles. The van der Waals surface area contributed by atoms with Crippen molar-refractivity contribution in [2.24, 2.45) is 12.2 Å². The van der Waals surface area contributed by atoms with Crippen LogP contribution in [-0.2, 0) is 16.7 Å². The van der Waals surface area contributed by atoms with E-state index in [1.807, 2.05) is 0 Å². The number of nitrogens with two attached hydrogens (primary N) is 1. The smallest absolute Gasteiger partial charge is 0.360 e. The Bertz CT molecular complexity index is 382. The third kappa shape index (κ3) is 1.82. The minimum atomic E-state index is -1.20. The molecule has 0 radical (unpaired) electrons. The molecule has 0 atom stereocenters. The third-order valence-electron chi connectivity index (χ3n) is 1.53. The fourth-order valence-corrected chi connectivity index (χ4v) is 0.998. The number of carboxylic acids is 1. The van der Waals surface area contributed by atoms with Crippen molar-refractivity contribution in [2.45, 2.75) is 0 Å². The van der Waals surface area contributed by atoms with E-state index in [0.29, 0.717) is 0 Å². The fraction of sp³-hybridized carbons (Fsp3) is 0.286. The molecule has 3 N–H and O–H groups in total. The number of aromatic nitrogens is 2. The summed E-state index contributed by atoms with van der Waals surface area (Å²) in [6.07, 6.45) is 0. The van der Waals surface area contributed by atoms with Crippen LogP contribution < -0.4 is 5.73 Å². The highest BCUT2D eigenvalue weighted by Gasteiger charge is 2.18. The predicted octanol–water partition coefficient (Wildman–Crippen LogP) is -0.563. The molecular weight excluding hydrogens is 188 g/mol. The van der Waals surface area contributed by atoms with E-state index in [1.54, 1.807) is 7.05 Å². The highest BCUT2D eigenvalue weighted by atomic mass is 16.6. The second kappa shape index (κ2) is 3.77. The maximum absolute atomic E-state index is 10.8. The summed E-state index contributed by atoms with van der Waals surface area (Å²) < 4.78 is 1.32. The first-order chi connectivity index (χ1) is 6.56. The number of aryl methyl sites for hydroxylation is 1. The monoisotopic (exact) mass is 198 g/mol. The van der Waals surface area contributed by atoms with Crippen LogP contribution in [0.2, 0.25) is 0 Å². The molecule has 0 unspecified atom stereocenters. The number of anilines is 1. The number of aliphatic carboxylic acids is 1. The molecule has 0 aliphatic heterocycles. The summed E-state index contributed by atoms with van der Waals surface area (Å²) in [7, 11) is 2.84. The number of carbonyl (C=O) groups is 1. The minimum absolute atomic E-state index is 0.229. The van der Waals surface area contributed by atoms with Gasteiger partial charge in [0.25, 0.3) is 0 Å². The Morgan fingerprint density at radius 3 is 2.79 bits per heavy atom. The fourth-order valence-electron chi connectivity index (χ4n) is 0.998. The molecule has 0 amide bonds. The van der Waals surface area contributed by atoms with Crippen molar-refractivity contribution in [3.05, 3.63) is 11.8 Å². The van der Waals surface area contributed by atoms with Gasteiger partial charge in [-0.25, -0.2) is 4.79 Å². The predicted molar refractivity (Wildman–Crippen MR) is 48.8 cm³/mol. The van der Waals surface area contributed by atoms with Gasteiger partial charge in [-0.2, -0.15) is 5.10 Å². The molecule has 1 aromatic rings. The highest BCUT2D eigenvalue weighted by molar-refractivity contribution is 6.42. The van der Waals surface area contributed by atoms with E-state index in [4.69, 9.17) is 10.8 Å². The van der Waals surface area contributed by atoms with Gasteiger partial charge in [0, 0.05) is 13.1 Å². The number of oxime groups is 1. The molecule has 0 saturated carbocycles. The molecule has 0 aliphatic rings. The van der Waals surface area contributed by atoms with Crippen molar-refractivity contribution in [1.82, 2.24) is 9.78 Å². The molecule has 7 nitrogen and oxygen atoms in total. The van der Waals surface area contributed by atoms with Crippen LogP contribution in [0.5, 0.6) is 0 Å². The van der Waals surface area contributed by atoms with Crippen LogP contribution in [0.15, 0.2) is 11.2 Å². The summed E-state index contributed by atoms with van der Waals surface area (Å²) in [4.78, 5) is 15.2. The van der Waals surface area contributed by atoms with Crippen molar-refractivity contribution < 1.29 is 14.7 Å². The summed E-state index contributed by atoms with van der Waals surface area (Å²) >= 11 is 0. The lowest BCUT2D eigenvalue weighted by molar-refractivity contribution is -0.129. The van der Waals surface area contributed by atoms with Gasteiger partial charge < -0.3 is 15.7 Å². The van der Waals surface area contributed by atoms with E-state index in [9.17, 15) is 4.79 Å². The summed E-state index contributed by atoms with van der Waals surface area (Å²) in [6, 6.07) is 1.41. The van der Waals surface area contributed by atoms with Gasteiger partial charge in [-0.1, -0.05) is 5.16 Å². The molecular formula is C7H10N4O3. The Labute approximate surface area is 79.8 Å². The van der Waals surface area contributed by atoms with E-state index >= 15 is 0 Å². The van der Waals surface area contributed by atoms with Crippen molar-refractivity contribution in [1.29, 1.82) is 0 Å². The zero-order valence-electron chi connectivity index (χ0n) is 7.76. The second-order valence-electron chi connectivity index (χ2n) is 2.51. The molecule has 0 fully saturated rings. The molecule has 0 aromatic carbocycles. The van der Waals surface area contributed by atoms with Gasteiger partial charge in [-0.15, -0.1) is 0 Å². The van der Waals surface area contributed by atoms with Crippen LogP contribution in [0.25, 0.3) is 0 Å².